The van der Waals surface area contributed by atoms with Crippen LogP contribution in [0.2, 0.25) is 0 Å². The molecular formula is C9H15NO2. The van der Waals surface area contributed by atoms with Crippen LogP contribution in [-0.2, 0) is 4.79 Å². The second-order valence-electron chi connectivity index (χ2n) is 3.77. The molecule has 3 heteroatoms. The molecule has 0 radical (unpaired) electrons. The molecule has 3 nitrogen and oxygen atoms in total. The fourth-order valence-corrected chi connectivity index (χ4v) is 1.63. The van der Waals surface area contributed by atoms with E-state index in [0.29, 0.717) is 0 Å². The first-order valence-electron chi connectivity index (χ1n) is 4.10. The predicted molar refractivity (Wildman–Crippen MR) is 46.5 cm³/mol. The van der Waals surface area contributed by atoms with E-state index in [9.17, 15) is 9.90 Å². The average molecular weight is 169 g/mol. The van der Waals surface area contributed by atoms with Crippen molar-refractivity contribution in [3.8, 4) is 0 Å². The summed E-state index contributed by atoms with van der Waals surface area (Å²) in [7, 11) is 0. The maximum atomic E-state index is 11.1. The molecule has 2 N–H and O–H groups in total. The molecule has 1 saturated heterocycles. The van der Waals surface area contributed by atoms with E-state index < -0.39 is 5.60 Å². The average Bonchev–Trinajstić information content (AvgIpc) is 1.82. The molecule has 0 spiro atoms. The lowest BCUT2D eigenvalue weighted by molar-refractivity contribution is -0.147. The summed E-state index contributed by atoms with van der Waals surface area (Å²) >= 11 is 0. The SMILES string of the molecule is C=CC[C@@H]1NC(=O)[C@H]1C(C)(C)O. The number of hydrogen-bond acceptors (Lipinski definition) is 2. The van der Waals surface area contributed by atoms with Crippen LogP contribution in [-0.4, -0.2) is 22.7 Å². The molecule has 0 aromatic carbocycles. The maximum absolute atomic E-state index is 11.1. The summed E-state index contributed by atoms with van der Waals surface area (Å²) in [6.07, 6.45) is 2.48. The van der Waals surface area contributed by atoms with Crippen molar-refractivity contribution in [2.24, 2.45) is 5.92 Å². The number of aliphatic hydroxyl groups is 1. The van der Waals surface area contributed by atoms with E-state index in [2.05, 4.69) is 11.9 Å². The van der Waals surface area contributed by atoms with Crippen LogP contribution in [0.4, 0.5) is 0 Å². The van der Waals surface area contributed by atoms with E-state index in [0.717, 1.165) is 6.42 Å². The summed E-state index contributed by atoms with van der Waals surface area (Å²) in [4.78, 5) is 11.1. The fraction of sp³-hybridized carbons (Fsp3) is 0.667. The summed E-state index contributed by atoms with van der Waals surface area (Å²) in [6, 6.07) is 0.0648. The van der Waals surface area contributed by atoms with Crippen LogP contribution in [0, 0.1) is 5.92 Å². The van der Waals surface area contributed by atoms with Crippen molar-refractivity contribution in [1.29, 1.82) is 0 Å². The predicted octanol–water partition coefficient (Wildman–Crippen LogP) is 0.448. The number of nitrogens with one attached hydrogen (secondary N) is 1. The molecule has 1 aliphatic rings. The highest BCUT2D eigenvalue weighted by molar-refractivity contribution is 5.87. The molecule has 1 rings (SSSR count). The Morgan fingerprint density at radius 3 is 2.67 bits per heavy atom. The van der Waals surface area contributed by atoms with Gasteiger partial charge in [0.1, 0.15) is 0 Å². The zero-order chi connectivity index (χ0) is 9.35. The Kier molecular flexibility index (Phi) is 2.24. The Morgan fingerprint density at radius 2 is 2.33 bits per heavy atom. The second kappa shape index (κ2) is 2.90. The summed E-state index contributed by atoms with van der Waals surface area (Å²) in [6.45, 7) is 6.91. The van der Waals surface area contributed by atoms with Crippen LogP contribution < -0.4 is 5.32 Å². The third kappa shape index (κ3) is 1.50. The monoisotopic (exact) mass is 169 g/mol. The summed E-state index contributed by atoms with van der Waals surface area (Å²) < 4.78 is 0. The van der Waals surface area contributed by atoms with Gasteiger partial charge in [0.15, 0.2) is 0 Å². The molecule has 0 unspecified atom stereocenters. The molecule has 12 heavy (non-hydrogen) atoms. The van der Waals surface area contributed by atoms with Gasteiger partial charge in [-0.25, -0.2) is 0 Å². The van der Waals surface area contributed by atoms with E-state index in [-0.39, 0.29) is 17.9 Å². The Balaban J connectivity index is 2.61. The molecule has 1 heterocycles. The molecule has 0 bridgehead atoms. The van der Waals surface area contributed by atoms with Gasteiger partial charge in [-0.2, -0.15) is 0 Å². The largest absolute Gasteiger partial charge is 0.390 e. The lowest BCUT2D eigenvalue weighted by Crippen LogP contribution is -2.65. The zero-order valence-corrected chi connectivity index (χ0v) is 7.50. The highest BCUT2D eigenvalue weighted by atomic mass is 16.3. The molecule has 0 aliphatic carbocycles. The molecule has 0 aromatic heterocycles. The highest BCUT2D eigenvalue weighted by Crippen LogP contribution is 2.29. The fourth-order valence-electron chi connectivity index (χ4n) is 1.63. The van der Waals surface area contributed by atoms with Gasteiger partial charge in [-0.15, -0.1) is 6.58 Å². The lowest BCUT2D eigenvalue weighted by Gasteiger charge is -2.43. The smallest absolute Gasteiger partial charge is 0.228 e. The number of hydrogen-bond donors (Lipinski definition) is 2. The minimum atomic E-state index is -0.921. The Hall–Kier alpha value is -0.830. The van der Waals surface area contributed by atoms with Gasteiger partial charge < -0.3 is 10.4 Å². The number of carbonyl (C=O) groups excluding carboxylic acids is 1. The van der Waals surface area contributed by atoms with Crippen molar-refractivity contribution in [2.45, 2.75) is 31.9 Å². The third-order valence-corrected chi connectivity index (χ3v) is 2.19. The van der Waals surface area contributed by atoms with Crippen LogP contribution in [0.1, 0.15) is 20.3 Å². The number of β-lactam (4-membered cyclic amide) rings is 1. The Bertz CT molecular complexity index is 203. The first-order valence-corrected chi connectivity index (χ1v) is 4.10. The molecular weight excluding hydrogens is 154 g/mol. The maximum Gasteiger partial charge on any atom is 0.228 e. The second-order valence-corrected chi connectivity index (χ2v) is 3.77. The van der Waals surface area contributed by atoms with Crippen molar-refractivity contribution in [2.75, 3.05) is 0 Å². The van der Waals surface area contributed by atoms with Crippen molar-refractivity contribution in [3.63, 3.8) is 0 Å². The topological polar surface area (TPSA) is 49.3 Å². The van der Waals surface area contributed by atoms with E-state index >= 15 is 0 Å². The van der Waals surface area contributed by atoms with Gasteiger partial charge in [0.2, 0.25) is 5.91 Å². The van der Waals surface area contributed by atoms with Crippen molar-refractivity contribution in [1.82, 2.24) is 5.32 Å². The molecule has 2 atom stereocenters. The molecule has 0 aromatic rings. The summed E-state index contributed by atoms with van der Waals surface area (Å²) in [5, 5.41) is 12.3. The van der Waals surface area contributed by atoms with E-state index in [1.54, 1.807) is 19.9 Å². The number of amides is 1. The van der Waals surface area contributed by atoms with Gasteiger partial charge in [0.25, 0.3) is 0 Å². The van der Waals surface area contributed by atoms with Gasteiger partial charge in [-0.05, 0) is 20.3 Å². The molecule has 1 aliphatic heterocycles. The highest BCUT2D eigenvalue weighted by Gasteiger charge is 2.47. The van der Waals surface area contributed by atoms with Crippen LogP contribution in [0.5, 0.6) is 0 Å². The van der Waals surface area contributed by atoms with E-state index in [1.165, 1.54) is 0 Å². The molecule has 0 saturated carbocycles. The van der Waals surface area contributed by atoms with Crippen molar-refractivity contribution >= 4 is 5.91 Å². The van der Waals surface area contributed by atoms with Crippen LogP contribution in [0.25, 0.3) is 0 Å². The quantitative estimate of drug-likeness (QED) is 0.476. The van der Waals surface area contributed by atoms with E-state index in [1.807, 2.05) is 0 Å². The Morgan fingerprint density at radius 1 is 1.75 bits per heavy atom. The van der Waals surface area contributed by atoms with E-state index in [4.69, 9.17) is 0 Å². The molecule has 1 fully saturated rings. The van der Waals surface area contributed by atoms with Gasteiger partial charge in [0, 0.05) is 6.04 Å². The van der Waals surface area contributed by atoms with Gasteiger partial charge in [-0.3, -0.25) is 4.79 Å². The minimum Gasteiger partial charge on any atom is -0.390 e. The van der Waals surface area contributed by atoms with Gasteiger partial charge in [0.05, 0.1) is 11.5 Å². The molecule has 68 valence electrons. The van der Waals surface area contributed by atoms with Crippen LogP contribution in [0.15, 0.2) is 12.7 Å². The third-order valence-electron chi connectivity index (χ3n) is 2.19. The Labute approximate surface area is 72.5 Å². The first-order chi connectivity index (χ1) is 5.46. The van der Waals surface area contributed by atoms with Gasteiger partial charge in [-0.1, -0.05) is 6.08 Å². The molecule has 1 amide bonds. The van der Waals surface area contributed by atoms with Crippen LogP contribution in [0.3, 0.4) is 0 Å². The minimum absolute atomic E-state index is 0.0608. The normalized spacial score (nSPS) is 29.1. The number of carbonyl (C=O) groups is 1. The zero-order valence-electron chi connectivity index (χ0n) is 7.50. The summed E-state index contributed by atoms with van der Waals surface area (Å²) in [5.74, 6) is -0.343. The van der Waals surface area contributed by atoms with Gasteiger partial charge >= 0.3 is 0 Å². The van der Waals surface area contributed by atoms with Crippen molar-refractivity contribution < 1.29 is 9.90 Å². The van der Waals surface area contributed by atoms with Crippen molar-refractivity contribution in [3.05, 3.63) is 12.7 Å². The number of rotatable bonds is 3. The standard InChI is InChI=1S/C9H15NO2/c1-4-5-6-7(8(11)10-6)9(2,3)12/h4,6-7,12H,1,5H2,2-3H3,(H,10,11)/t6-,7-/m0/s1. The lowest BCUT2D eigenvalue weighted by atomic mass is 9.77. The summed E-state index contributed by atoms with van der Waals surface area (Å²) in [5.41, 5.74) is -0.921. The first kappa shape index (κ1) is 9.26. The van der Waals surface area contributed by atoms with Crippen LogP contribution >= 0.6 is 0 Å².